The Morgan fingerprint density at radius 2 is 1.75 bits per heavy atom. The van der Waals surface area contributed by atoms with Gasteiger partial charge in [0.05, 0.1) is 5.56 Å². The van der Waals surface area contributed by atoms with E-state index in [0.717, 1.165) is 57.1 Å². The van der Waals surface area contributed by atoms with Crippen LogP contribution in [0.3, 0.4) is 0 Å². The van der Waals surface area contributed by atoms with Gasteiger partial charge in [-0.25, -0.2) is 17.6 Å². The molecule has 5 nitrogen and oxygen atoms in total. The average molecular weight is 355 g/mol. The van der Waals surface area contributed by atoms with E-state index < -0.39 is 26.7 Å². The zero-order valence-electron chi connectivity index (χ0n) is 13.5. The number of benzene rings is 1. The predicted molar refractivity (Wildman–Crippen MR) is 86.7 cm³/mol. The Morgan fingerprint density at radius 3 is 2.42 bits per heavy atom. The van der Waals surface area contributed by atoms with E-state index in [1.54, 1.807) is 0 Å². The van der Waals surface area contributed by atoms with Crippen LogP contribution in [0.5, 0.6) is 0 Å². The summed E-state index contributed by atoms with van der Waals surface area (Å²) in [5, 5.41) is 0. The largest absolute Gasteiger partial charge is 0.459 e. The van der Waals surface area contributed by atoms with Crippen LogP contribution in [0.1, 0.15) is 55.3 Å². The summed E-state index contributed by atoms with van der Waals surface area (Å²) < 4.78 is 45.9. The second-order valence-electron chi connectivity index (χ2n) is 6.42. The zero-order chi connectivity index (χ0) is 17.2. The van der Waals surface area contributed by atoms with Crippen LogP contribution in [-0.4, -0.2) is 37.9 Å². The molecule has 1 saturated carbocycles. The Hall–Kier alpha value is -1.47. The molecule has 7 heteroatoms. The van der Waals surface area contributed by atoms with Gasteiger partial charge in [-0.3, -0.25) is 0 Å². The van der Waals surface area contributed by atoms with Gasteiger partial charge in [-0.05, 0) is 56.7 Å². The van der Waals surface area contributed by atoms with Crippen LogP contribution in [-0.2, 0) is 14.8 Å². The van der Waals surface area contributed by atoms with Gasteiger partial charge in [-0.2, -0.15) is 4.31 Å². The lowest BCUT2D eigenvalue weighted by Crippen LogP contribution is -2.29. The van der Waals surface area contributed by atoms with E-state index in [1.165, 1.54) is 10.4 Å². The zero-order valence-corrected chi connectivity index (χ0v) is 14.4. The number of carbonyl (C=O) groups excluding carboxylic acids is 1. The predicted octanol–water partition coefficient (Wildman–Crippen LogP) is 3.10. The standard InChI is InChI=1S/C17H22FNO4S/c18-15-9-8-13(17(20)23-14-6-2-1-3-7-14)12-16(15)24(21,22)19-10-4-5-11-19/h8-9,12,14H,1-7,10-11H2. The molecule has 0 N–H and O–H groups in total. The van der Waals surface area contributed by atoms with Gasteiger partial charge in [-0.1, -0.05) is 6.42 Å². The van der Waals surface area contributed by atoms with Crippen LogP contribution in [0.2, 0.25) is 0 Å². The molecular weight excluding hydrogens is 333 g/mol. The van der Waals surface area contributed by atoms with Gasteiger partial charge in [0.25, 0.3) is 0 Å². The maximum atomic E-state index is 14.1. The molecule has 0 radical (unpaired) electrons. The van der Waals surface area contributed by atoms with Gasteiger partial charge >= 0.3 is 5.97 Å². The van der Waals surface area contributed by atoms with Gasteiger partial charge in [0.2, 0.25) is 10.0 Å². The number of sulfonamides is 1. The molecule has 0 atom stereocenters. The first-order valence-corrected chi connectivity index (χ1v) is 9.93. The van der Waals surface area contributed by atoms with Crippen molar-refractivity contribution in [2.75, 3.05) is 13.1 Å². The number of esters is 1. The second-order valence-corrected chi connectivity index (χ2v) is 8.33. The Balaban J connectivity index is 1.81. The highest BCUT2D eigenvalue weighted by Crippen LogP contribution is 2.26. The molecule has 1 aliphatic heterocycles. The van der Waals surface area contributed by atoms with Crippen molar-refractivity contribution in [1.82, 2.24) is 4.31 Å². The number of nitrogens with zero attached hydrogens (tertiary/aromatic N) is 1. The van der Waals surface area contributed by atoms with Crippen molar-refractivity contribution in [2.45, 2.75) is 55.9 Å². The highest BCUT2D eigenvalue weighted by Gasteiger charge is 2.31. The van der Waals surface area contributed by atoms with E-state index >= 15 is 0 Å². The lowest BCUT2D eigenvalue weighted by Gasteiger charge is -2.22. The van der Waals surface area contributed by atoms with Crippen molar-refractivity contribution >= 4 is 16.0 Å². The molecule has 2 fully saturated rings. The summed E-state index contributed by atoms with van der Waals surface area (Å²) in [5.74, 6) is -1.42. The molecule has 1 saturated heterocycles. The summed E-state index contributed by atoms with van der Waals surface area (Å²) in [4.78, 5) is 11.8. The number of ether oxygens (including phenoxy) is 1. The van der Waals surface area contributed by atoms with E-state index in [-0.39, 0.29) is 11.7 Å². The van der Waals surface area contributed by atoms with Crippen molar-refractivity contribution in [3.63, 3.8) is 0 Å². The van der Waals surface area contributed by atoms with Crippen LogP contribution in [0, 0.1) is 5.82 Å². The molecule has 0 unspecified atom stereocenters. The fraction of sp³-hybridized carbons (Fsp3) is 0.588. The van der Waals surface area contributed by atoms with Crippen LogP contribution >= 0.6 is 0 Å². The molecule has 132 valence electrons. The highest BCUT2D eigenvalue weighted by atomic mass is 32.2. The first kappa shape index (κ1) is 17.4. The first-order chi connectivity index (χ1) is 11.5. The molecule has 0 amide bonds. The first-order valence-electron chi connectivity index (χ1n) is 8.49. The third kappa shape index (κ3) is 3.62. The lowest BCUT2D eigenvalue weighted by atomic mass is 9.98. The van der Waals surface area contributed by atoms with Crippen LogP contribution < -0.4 is 0 Å². The Labute approximate surface area is 141 Å². The van der Waals surface area contributed by atoms with E-state index in [0.29, 0.717) is 13.1 Å². The SMILES string of the molecule is O=C(OC1CCCCC1)c1ccc(F)c(S(=O)(=O)N2CCCC2)c1. The molecular formula is C17H22FNO4S. The third-order valence-corrected chi connectivity index (χ3v) is 6.59. The quantitative estimate of drug-likeness (QED) is 0.779. The van der Waals surface area contributed by atoms with Crippen molar-refractivity contribution in [2.24, 2.45) is 0 Å². The van der Waals surface area contributed by atoms with Gasteiger partial charge in [0.15, 0.2) is 0 Å². The fourth-order valence-electron chi connectivity index (χ4n) is 3.30. The molecule has 1 aliphatic carbocycles. The summed E-state index contributed by atoms with van der Waals surface area (Å²) >= 11 is 0. The summed E-state index contributed by atoms with van der Waals surface area (Å²) in [6, 6.07) is 3.41. The maximum Gasteiger partial charge on any atom is 0.338 e. The van der Waals surface area contributed by atoms with Crippen LogP contribution in [0.15, 0.2) is 23.1 Å². The number of carbonyl (C=O) groups is 1. The van der Waals surface area contributed by atoms with E-state index in [1.807, 2.05) is 0 Å². The van der Waals surface area contributed by atoms with Crippen LogP contribution in [0.25, 0.3) is 0 Å². The van der Waals surface area contributed by atoms with Gasteiger partial charge in [0, 0.05) is 13.1 Å². The summed E-state index contributed by atoms with van der Waals surface area (Å²) in [6.07, 6.45) is 6.25. The molecule has 24 heavy (non-hydrogen) atoms. The minimum atomic E-state index is -3.91. The summed E-state index contributed by atoms with van der Waals surface area (Å²) in [5.41, 5.74) is 0.0831. The molecule has 0 spiro atoms. The second kappa shape index (κ2) is 7.19. The van der Waals surface area contributed by atoms with Gasteiger partial charge in [0.1, 0.15) is 16.8 Å². The van der Waals surface area contributed by atoms with Crippen molar-refractivity contribution < 1.29 is 22.3 Å². The molecule has 3 rings (SSSR count). The number of hydrogen-bond donors (Lipinski definition) is 0. The summed E-state index contributed by atoms with van der Waals surface area (Å²) in [7, 11) is -3.91. The lowest BCUT2D eigenvalue weighted by molar-refractivity contribution is 0.0211. The van der Waals surface area contributed by atoms with Crippen molar-refractivity contribution in [3.8, 4) is 0 Å². The molecule has 0 bridgehead atoms. The Bertz CT molecular complexity index is 707. The normalized spacial score (nSPS) is 20.2. The van der Waals surface area contributed by atoms with Crippen molar-refractivity contribution in [1.29, 1.82) is 0 Å². The maximum absolute atomic E-state index is 14.1. The molecule has 1 heterocycles. The Morgan fingerprint density at radius 1 is 1.08 bits per heavy atom. The number of hydrogen-bond acceptors (Lipinski definition) is 4. The number of rotatable bonds is 4. The Kier molecular flexibility index (Phi) is 5.20. The highest BCUT2D eigenvalue weighted by molar-refractivity contribution is 7.89. The topological polar surface area (TPSA) is 63.7 Å². The minimum Gasteiger partial charge on any atom is -0.459 e. The van der Waals surface area contributed by atoms with Crippen molar-refractivity contribution in [3.05, 3.63) is 29.6 Å². The average Bonchev–Trinajstić information content (AvgIpc) is 3.11. The van der Waals surface area contributed by atoms with E-state index in [2.05, 4.69) is 0 Å². The molecule has 1 aromatic rings. The van der Waals surface area contributed by atoms with E-state index in [4.69, 9.17) is 4.74 Å². The number of halogens is 1. The fourth-order valence-corrected chi connectivity index (χ4v) is 4.91. The summed E-state index contributed by atoms with van der Waals surface area (Å²) in [6.45, 7) is 0.775. The van der Waals surface area contributed by atoms with Crippen LogP contribution in [0.4, 0.5) is 4.39 Å². The monoisotopic (exact) mass is 355 g/mol. The molecule has 1 aromatic carbocycles. The smallest absolute Gasteiger partial charge is 0.338 e. The molecule has 2 aliphatic rings. The van der Waals surface area contributed by atoms with Gasteiger partial charge in [-0.15, -0.1) is 0 Å². The minimum absolute atomic E-state index is 0.0831. The van der Waals surface area contributed by atoms with Gasteiger partial charge < -0.3 is 4.74 Å². The van der Waals surface area contributed by atoms with E-state index in [9.17, 15) is 17.6 Å². The third-order valence-electron chi connectivity index (χ3n) is 4.68. The molecule has 0 aromatic heterocycles.